The van der Waals surface area contributed by atoms with E-state index in [1.54, 1.807) is 18.5 Å². The number of aliphatic hydroxyl groups excluding tert-OH is 2. The van der Waals surface area contributed by atoms with Gasteiger partial charge in [0, 0.05) is 24.5 Å². The topological polar surface area (TPSA) is 134 Å². The molecule has 2 fully saturated rings. The van der Waals surface area contributed by atoms with Crippen LogP contribution in [0.2, 0.25) is 0 Å². The first-order valence-corrected chi connectivity index (χ1v) is 15.6. The lowest BCUT2D eigenvalue weighted by Crippen LogP contribution is -2.44. The molecule has 0 amide bonds. The maximum absolute atomic E-state index is 11.3. The fourth-order valence-electron chi connectivity index (χ4n) is 7.39. The Morgan fingerprint density at radius 3 is 2.56 bits per heavy atom. The zero-order valence-electron chi connectivity index (χ0n) is 25.4. The molecule has 1 aromatic heterocycles. The number of benzene rings is 2. The Balaban J connectivity index is 1.41. The molecule has 8 nitrogen and oxygen atoms in total. The van der Waals surface area contributed by atoms with E-state index in [-0.39, 0.29) is 47.7 Å². The average Bonchev–Trinajstić information content (AvgIpc) is 3.50. The second-order valence-electron chi connectivity index (χ2n) is 12.8. The fourth-order valence-corrected chi connectivity index (χ4v) is 7.39. The third kappa shape index (κ3) is 6.82. The van der Waals surface area contributed by atoms with Gasteiger partial charge in [-0.25, -0.2) is 0 Å². The van der Waals surface area contributed by atoms with Gasteiger partial charge in [-0.3, -0.25) is 0 Å². The highest BCUT2D eigenvalue weighted by molar-refractivity contribution is 5.59. The highest BCUT2D eigenvalue weighted by atomic mass is 16.5. The van der Waals surface area contributed by atoms with E-state index >= 15 is 0 Å². The number of fused-ring (bicyclic) bond motifs is 1. The molecule has 0 bridgehead atoms. The molecule has 6 unspecified atom stereocenters. The van der Waals surface area contributed by atoms with E-state index in [9.17, 15) is 25.5 Å². The maximum atomic E-state index is 11.3. The summed E-state index contributed by atoms with van der Waals surface area (Å²) in [5.41, 5.74) is 4.45. The summed E-state index contributed by atoms with van der Waals surface area (Å²) < 4.78 is 12.3. The number of aromatic hydroxyl groups is 3. The van der Waals surface area contributed by atoms with Crippen molar-refractivity contribution in [3.63, 3.8) is 0 Å². The molecule has 5 rings (SSSR count). The number of hydrogen-bond donors (Lipinski definition) is 5. The monoisotopic (exact) mass is 592 g/mol. The second-order valence-corrected chi connectivity index (χ2v) is 12.8. The molecule has 2 heterocycles. The van der Waals surface area contributed by atoms with Gasteiger partial charge in [0.15, 0.2) is 11.5 Å². The second kappa shape index (κ2) is 13.6. The molecule has 6 atom stereocenters. The number of rotatable bonds is 11. The van der Waals surface area contributed by atoms with E-state index in [4.69, 9.17) is 9.47 Å². The van der Waals surface area contributed by atoms with Crippen LogP contribution in [0.5, 0.6) is 23.0 Å². The lowest BCUT2D eigenvalue weighted by Gasteiger charge is -2.45. The molecule has 8 heteroatoms. The third-order valence-electron chi connectivity index (χ3n) is 9.48. The summed E-state index contributed by atoms with van der Waals surface area (Å²) in [5, 5.41) is 52.8. The van der Waals surface area contributed by atoms with Gasteiger partial charge in [0.05, 0.1) is 25.4 Å². The Labute approximate surface area is 254 Å². The van der Waals surface area contributed by atoms with Gasteiger partial charge in [-0.1, -0.05) is 37.6 Å². The molecular weight excluding hydrogens is 546 g/mol. The Morgan fingerprint density at radius 2 is 1.86 bits per heavy atom. The molecule has 2 aromatic carbocycles. The van der Waals surface area contributed by atoms with Gasteiger partial charge in [-0.05, 0) is 91.5 Å². The van der Waals surface area contributed by atoms with Crippen molar-refractivity contribution in [3.05, 3.63) is 70.5 Å². The van der Waals surface area contributed by atoms with Crippen molar-refractivity contribution in [3.8, 4) is 23.0 Å². The molecule has 1 saturated carbocycles. The van der Waals surface area contributed by atoms with Crippen molar-refractivity contribution in [2.75, 3.05) is 13.7 Å². The molecule has 3 aromatic rings. The van der Waals surface area contributed by atoms with E-state index in [2.05, 4.69) is 24.9 Å². The number of aromatic nitrogens is 1. The van der Waals surface area contributed by atoms with E-state index in [0.29, 0.717) is 42.1 Å². The first-order valence-electron chi connectivity index (χ1n) is 15.6. The van der Waals surface area contributed by atoms with Gasteiger partial charge >= 0.3 is 0 Å². The van der Waals surface area contributed by atoms with Crippen molar-refractivity contribution in [1.29, 1.82) is 0 Å². The van der Waals surface area contributed by atoms with Crippen LogP contribution in [-0.4, -0.2) is 51.5 Å². The standard InChI is InChI=1S/C35H46NO7/c1-20(2)13-24(5-4-12-37)26-15-22(7-9-29(26)38)23-6-8-25-30(39)18-33(43-32(25)16-23)27-17-31(40)34(41)35(42-3)28(27)14-21-10-11-36-19-21/h7,9-11,15,17,19-20,23-25,30,32-33,37-41H,4-6,8,12-14,16,18H2,1-3H3/q-1. The molecule has 1 saturated heterocycles. The van der Waals surface area contributed by atoms with Gasteiger partial charge in [0.25, 0.3) is 0 Å². The zero-order valence-corrected chi connectivity index (χ0v) is 25.4. The molecule has 43 heavy (non-hydrogen) atoms. The number of phenols is 3. The van der Waals surface area contributed by atoms with Crippen LogP contribution < -0.4 is 9.72 Å². The van der Waals surface area contributed by atoms with Crippen molar-refractivity contribution in [1.82, 2.24) is 4.98 Å². The van der Waals surface area contributed by atoms with Crippen LogP contribution in [0.1, 0.15) is 105 Å². The van der Waals surface area contributed by atoms with Crippen LogP contribution in [0.4, 0.5) is 0 Å². The van der Waals surface area contributed by atoms with Gasteiger partial charge in [0.2, 0.25) is 5.75 Å². The molecule has 1 aliphatic heterocycles. The van der Waals surface area contributed by atoms with Crippen LogP contribution in [0.3, 0.4) is 0 Å². The van der Waals surface area contributed by atoms with Crippen molar-refractivity contribution in [2.24, 2.45) is 11.8 Å². The molecule has 5 N–H and O–H groups in total. The van der Waals surface area contributed by atoms with Gasteiger partial charge in [-0.15, -0.1) is 0 Å². The number of methoxy groups -OCH3 is 1. The fraction of sp³-hybridized carbons (Fsp3) is 0.543. The Hall–Kier alpha value is -3.20. The minimum atomic E-state index is -0.565. The van der Waals surface area contributed by atoms with Crippen LogP contribution in [0.15, 0.2) is 42.7 Å². The van der Waals surface area contributed by atoms with Gasteiger partial charge in [0.1, 0.15) is 5.75 Å². The summed E-state index contributed by atoms with van der Waals surface area (Å²) in [5.74, 6) is 0.769. The smallest absolute Gasteiger partial charge is 0.200 e. The first kappa shape index (κ1) is 31.2. The predicted octanol–water partition coefficient (Wildman–Crippen LogP) is 6.04. The van der Waals surface area contributed by atoms with Crippen LogP contribution in [-0.2, 0) is 11.2 Å². The molecule has 1 aliphatic carbocycles. The third-order valence-corrected chi connectivity index (χ3v) is 9.48. The highest BCUT2D eigenvalue weighted by Gasteiger charge is 2.43. The van der Waals surface area contributed by atoms with E-state index in [1.807, 2.05) is 12.1 Å². The number of nitrogens with zero attached hydrogens (tertiary/aromatic N) is 1. The summed E-state index contributed by atoms with van der Waals surface area (Å²) in [6.07, 6.45) is 7.98. The number of hydrogen-bond acceptors (Lipinski definition) is 7. The Bertz CT molecular complexity index is 1350. The summed E-state index contributed by atoms with van der Waals surface area (Å²) in [4.78, 5) is 4.16. The van der Waals surface area contributed by atoms with Gasteiger partial charge in [-0.2, -0.15) is 12.4 Å². The molecule has 2 aliphatic rings. The van der Waals surface area contributed by atoms with Crippen molar-refractivity contribution >= 4 is 0 Å². The molecule has 0 radical (unpaired) electrons. The van der Waals surface area contributed by atoms with E-state index in [1.165, 1.54) is 13.2 Å². The molecular formula is C35H46NO7-. The summed E-state index contributed by atoms with van der Waals surface area (Å²) in [6, 6.07) is 9.39. The molecule has 0 spiro atoms. The lowest BCUT2D eigenvalue weighted by atomic mass is 9.71. The number of ether oxygens (including phenoxy) is 2. The largest absolute Gasteiger partial charge is 0.670 e. The quantitative estimate of drug-likeness (QED) is 0.170. The van der Waals surface area contributed by atoms with Crippen LogP contribution in [0, 0.1) is 11.8 Å². The predicted molar refractivity (Wildman–Crippen MR) is 164 cm³/mol. The average molecular weight is 593 g/mol. The Morgan fingerprint density at radius 1 is 1.05 bits per heavy atom. The van der Waals surface area contributed by atoms with Crippen LogP contribution >= 0.6 is 0 Å². The first-order chi connectivity index (χ1) is 20.7. The zero-order chi connectivity index (χ0) is 30.7. The van der Waals surface area contributed by atoms with E-state index < -0.39 is 12.2 Å². The SMILES string of the molecule is COc1c(O)c(O)cc(C2CC(O)C3CCC(c4ccc(O)c(C(CCCO)CC(C)C)c4)CC3O2)c1Cc1cc[n-]c1. The lowest BCUT2D eigenvalue weighted by molar-refractivity contribution is -0.154. The van der Waals surface area contributed by atoms with Crippen molar-refractivity contribution < 1.29 is 35.0 Å². The van der Waals surface area contributed by atoms with Crippen LogP contribution in [0.25, 0.3) is 0 Å². The summed E-state index contributed by atoms with van der Waals surface area (Å²) >= 11 is 0. The van der Waals surface area contributed by atoms with Gasteiger partial charge < -0.3 is 40.0 Å². The minimum Gasteiger partial charge on any atom is -0.670 e. The highest BCUT2D eigenvalue weighted by Crippen LogP contribution is 2.50. The normalized spacial score (nSPS) is 24.6. The number of aliphatic hydroxyl groups is 2. The van der Waals surface area contributed by atoms with Crippen molar-refractivity contribution in [2.45, 2.75) is 95.4 Å². The minimum absolute atomic E-state index is 0.0117. The molecule has 234 valence electrons. The summed E-state index contributed by atoms with van der Waals surface area (Å²) in [7, 11) is 1.46. The van der Waals surface area contributed by atoms with E-state index in [0.717, 1.165) is 48.8 Å². The Kier molecular flexibility index (Phi) is 9.89. The number of phenolic OH excluding ortho intramolecular Hbond substituents is 3. The summed E-state index contributed by atoms with van der Waals surface area (Å²) in [6.45, 7) is 4.50. The maximum Gasteiger partial charge on any atom is 0.200 e.